The van der Waals surface area contributed by atoms with E-state index in [0.29, 0.717) is 56.2 Å². The summed E-state index contributed by atoms with van der Waals surface area (Å²) in [6, 6.07) is 14.3. The second-order valence-electron chi connectivity index (χ2n) is 10.6. The van der Waals surface area contributed by atoms with E-state index in [2.05, 4.69) is 25.1 Å². The van der Waals surface area contributed by atoms with Gasteiger partial charge in [0, 0.05) is 47.7 Å². The number of pyridine rings is 1. The Kier molecular flexibility index (Phi) is 9.57. The molecule has 3 heterocycles. The summed E-state index contributed by atoms with van der Waals surface area (Å²) in [7, 11) is 1.55. The molecule has 0 aliphatic carbocycles. The number of ether oxygens (including phenoxy) is 4. The first-order chi connectivity index (χ1) is 22.4. The van der Waals surface area contributed by atoms with Crippen molar-refractivity contribution in [3.05, 3.63) is 77.2 Å². The number of aromatic nitrogens is 2. The molecular weight excluding hydrogens is 617 g/mol. The van der Waals surface area contributed by atoms with Crippen LogP contribution in [-0.4, -0.2) is 72.4 Å². The molecule has 0 spiro atoms. The highest BCUT2D eigenvalue weighted by molar-refractivity contribution is 6.31. The Labute approximate surface area is 268 Å². The van der Waals surface area contributed by atoms with Crippen LogP contribution >= 0.6 is 11.6 Å². The average Bonchev–Trinajstić information content (AvgIpc) is 3.37. The molecule has 238 valence electrons. The molecule has 6 rings (SSSR count). The summed E-state index contributed by atoms with van der Waals surface area (Å²) in [5.41, 5.74) is 1.64. The van der Waals surface area contributed by atoms with Crippen molar-refractivity contribution >= 4 is 45.0 Å². The predicted octanol–water partition coefficient (Wildman–Crippen LogP) is 6.97. The van der Waals surface area contributed by atoms with E-state index in [9.17, 15) is 9.90 Å². The third-order valence-electron chi connectivity index (χ3n) is 7.51. The van der Waals surface area contributed by atoms with Crippen molar-refractivity contribution in [2.24, 2.45) is 10.2 Å². The molecule has 1 saturated heterocycles. The molecule has 1 fully saturated rings. The van der Waals surface area contributed by atoms with Gasteiger partial charge in [-0.05, 0) is 54.4 Å². The lowest BCUT2D eigenvalue weighted by molar-refractivity contribution is -0.117. The van der Waals surface area contributed by atoms with E-state index in [-0.39, 0.29) is 23.7 Å². The lowest BCUT2D eigenvalue weighted by Gasteiger charge is -2.26. The highest BCUT2D eigenvalue weighted by Crippen LogP contribution is 2.38. The SMILES string of the molecule is COc1cc2c(Oc3ccc(CC(=O)N=Nc4c(O)[nH]c5ccc(Cl)cc45)cc3F)ccnc2cc1OCCCN1CCOCC1. The number of nitrogens with zero attached hydrogens (tertiary/aromatic N) is 4. The number of hydrogen-bond donors (Lipinski definition) is 2. The van der Waals surface area contributed by atoms with Gasteiger partial charge in [0.15, 0.2) is 28.8 Å². The fraction of sp³-hybridized carbons (Fsp3) is 0.273. The number of H-pyrrole nitrogens is 1. The topological polar surface area (TPSA) is 131 Å². The maximum atomic E-state index is 15.2. The van der Waals surface area contributed by atoms with Gasteiger partial charge >= 0.3 is 0 Å². The number of nitrogens with one attached hydrogen (secondary N) is 1. The van der Waals surface area contributed by atoms with Gasteiger partial charge in [-0.25, -0.2) is 4.39 Å². The van der Waals surface area contributed by atoms with Gasteiger partial charge in [-0.2, -0.15) is 0 Å². The molecule has 0 bridgehead atoms. The molecule has 0 unspecified atom stereocenters. The van der Waals surface area contributed by atoms with Crippen molar-refractivity contribution in [1.29, 1.82) is 0 Å². The summed E-state index contributed by atoms with van der Waals surface area (Å²) in [5.74, 6) is -0.137. The molecule has 0 saturated carbocycles. The number of azo groups is 1. The zero-order valence-corrected chi connectivity index (χ0v) is 25.7. The van der Waals surface area contributed by atoms with Gasteiger partial charge in [-0.3, -0.25) is 14.7 Å². The van der Waals surface area contributed by atoms with Crippen LogP contribution in [0.15, 0.2) is 71.0 Å². The minimum absolute atomic E-state index is 0.0340. The number of aromatic amines is 1. The molecule has 13 heteroatoms. The minimum atomic E-state index is -0.664. The van der Waals surface area contributed by atoms with E-state index in [1.54, 1.807) is 55.8 Å². The van der Waals surface area contributed by atoms with Crippen LogP contribution in [0.5, 0.6) is 28.9 Å². The Bertz CT molecular complexity index is 1910. The summed E-state index contributed by atoms with van der Waals surface area (Å²) in [6.45, 7) is 4.79. The molecule has 46 heavy (non-hydrogen) atoms. The number of carbonyl (C=O) groups is 1. The highest BCUT2D eigenvalue weighted by atomic mass is 35.5. The van der Waals surface area contributed by atoms with E-state index < -0.39 is 11.7 Å². The van der Waals surface area contributed by atoms with E-state index >= 15 is 4.39 Å². The summed E-state index contributed by atoms with van der Waals surface area (Å²) in [5, 5.41) is 19.3. The Morgan fingerprint density at radius 1 is 1.07 bits per heavy atom. The first-order valence-corrected chi connectivity index (χ1v) is 15.1. The Hall–Kier alpha value is -4.78. The highest BCUT2D eigenvalue weighted by Gasteiger charge is 2.16. The summed E-state index contributed by atoms with van der Waals surface area (Å²) in [6.07, 6.45) is 2.21. The smallest absolute Gasteiger partial charge is 0.269 e. The second-order valence-corrected chi connectivity index (χ2v) is 11.1. The number of fused-ring (bicyclic) bond motifs is 2. The van der Waals surface area contributed by atoms with E-state index in [1.165, 1.54) is 12.1 Å². The number of benzene rings is 3. The number of halogens is 2. The zero-order chi connectivity index (χ0) is 32.0. The van der Waals surface area contributed by atoms with Crippen molar-refractivity contribution in [3.8, 4) is 28.9 Å². The van der Waals surface area contributed by atoms with Gasteiger partial charge < -0.3 is 29.0 Å². The van der Waals surface area contributed by atoms with E-state index in [0.717, 1.165) is 39.3 Å². The van der Waals surface area contributed by atoms with Gasteiger partial charge in [0.2, 0.25) is 5.88 Å². The molecule has 1 amide bonds. The quantitative estimate of drug-likeness (QED) is 0.116. The van der Waals surface area contributed by atoms with Crippen LogP contribution in [0.4, 0.5) is 10.1 Å². The van der Waals surface area contributed by atoms with Crippen molar-refractivity contribution < 1.29 is 33.2 Å². The zero-order valence-electron chi connectivity index (χ0n) is 25.0. The van der Waals surface area contributed by atoms with Gasteiger partial charge in [-0.1, -0.05) is 17.7 Å². The van der Waals surface area contributed by atoms with Gasteiger partial charge in [-0.15, -0.1) is 10.2 Å². The standard InChI is InChI=1S/C33H31ClFN5O6/c1-43-29-18-22-26(19-30(29)45-12-2-9-40-10-13-44-14-11-40)36-8-7-27(22)46-28-6-3-20(15-24(28)35)16-31(41)38-39-32-23-17-21(34)4-5-25(23)37-33(32)42/h3-8,15,17-19,37,42H,2,9-14,16H2,1H3. The number of amides is 1. The normalized spacial score (nSPS) is 13.9. The molecule has 0 atom stereocenters. The van der Waals surface area contributed by atoms with Gasteiger partial charge in [0.25, 0.3) is 5.91 Å². The average molecular weight is 648 g/mol. The summed E-state index contributed by atoms with van der Waals surface area (Å²) < 4.78 is 38.1. The molecule has 2 N–H and O–H groups in total. The van der Waals surface area contributed by atoms with E-state index in [4.69, 9.17) is 30.5 Å². The third-order valence-corrected chi connectivity index (χ3v) is 7.75. The molecule has 2 aromatic heterocycles. The molecular formula is C33H31ClFN5O6. The molecule has 0 radical (unpaired) electrons. The number of morpholine rings is 1. The maximum Gasteiger partial charge on any atom is 0.269 e. The van der Waals surface area contributed by atoms with Crippen LogP contribution in [0.3, 0.4) is 0 Å². The largest absolute Gasteiger partial charge is 0.493 e. The van der Waals surface area contributed by atoms with E-state index in [1.807, 2.05) is 0 Å². The van der Waals surface area contributed by atoms with Crippen LogP contribution in [0.1, 0.15) is 12.0 Å². The monoisotopic (exact) mass is 647 g/mol. The van der Waals surface area contributed by atoms with Gasteiger partial charge in [0.05, 0.1) is 44.4 Å². The number of hydrogen-bond acceptors (Lipinski definition) is 9. The Morgan fingerprint density at radius 3 is 2.72 bits per heavy atom. The summed E-state index contributed by atoms with van der Waals surface area (Å²) in [4.78, 5) is 22.1. The Morgan fingerprint density at radius 2 is 1.91 bits per heavy atom. The van der Waals surface area contributed by atoms with Crippen molar-refractivity contribution in [2.45, 2.75) is 12.8 Å². The lowest BCUT2D eigenvalue weighted by atomic mass is 10.1. The number of rotatable bonds is 11. The fourth-order valence-corrected chi connectivity index (χ4v) is 5.37. The molecule has 1 aliphatic heterocycles. The predicted molar refractivity (Wildman–Crippen MR) is 170 cm³/mol. The minimum Gasteiger partial charge on any atom is -0.493 e. The van der Waals surface area contributed by atoms with Crippen LogP contribution in [0.2, 0.25) is 5.02 Å². The van der Waals surface area contributed by atoms with Crippen LogP contribution in [-0.2, 0) is 16.0 Å². The van der Waals surface area contributed by atoms with Crippen LogP contribution in [0, 0.1) is 5.82 Å². The number of carbonyl (C=O) groups excluding carboxylic acids is 1. The second kappa shape index (κ2) is 14.1. The summed E-state index contributed by atoms with van der Waals surface area (Å²) >= 11 is 6.04. The molecule has 3 aromatic carbocycles. The first kappa shape index (κ1) is 31.2. The first-order valence-electron chi connectivity index (χ1n) is 14.7. The lowest BCUT2D eigenvalue weighted by Crippen LogP contribution is -2.37. The third kappa shape index (κ3) is 7.20. The van der Waals surface area contributed by atoms with Crippen molar-refractivity contribution in [2.75, 3.05) is 46.6 Å². The Balaban J connectivity index is 1.11. The van der Waals surface area contributed by atoms with Crippen LogP contribution in [0.25, 0.3) is 21.8 Å². The molecule has 11 nitrogen and oxygen atoms in total. The van der Waals surface area contributed by atoms with Crippen LogP contribution < -0.4 is 14.2 Å². The number of methoxy groups -OCH3 is 1. The molecule has 5 aromatic rings. The fourth-order valence-electron chi connectivity index (χ4n) is 5.19. The maximum absolute atomic E-state index is 15.2. The van der Waals surface area contributed by atoms with Crippen molar-refractivity contribution in [1.82, 2.24) is 14.9 Å². The number of aromatic hydroxyl groups is 1. The van der Waals surface area contributed by atoms with Crippen molar-refractivity contribution in [3.63, 3.8) is 0 Å². The van der Waals surface area contributed by atoms with Gasteiger partial charge in [0.1, 0.15) is 5.75 Å². The molecule has 1 aliphatic rings.